The summed E-state index contributed by atoms with van der Waals surface area (Å²) in [5, 5.41) is 7.77. The highest BCUT2D eigenvalue weighted by Crippen LogP contribution is 2.24. The molecule has 0 bridgehead atoms. The van der Waals surface area contributed by atoms with Crippen molar-refractivity contribution in [1.82, 2.24) is 15.1 Å². The zero-order chi connectivity index (χ0) is 11.5. The van der Waals surface area contributed by atoms with Crippen LogP contribution in [-0.4, -0.2) is 35.6 Å². The number of likely N-dealkylation sites (N-methyl/N-ethyl adjacent to an activating group) is 1. The molecule has 4 heteroatoms. The Hall–Kier alpha value is -0.870. The summed E-state index contributed by atoms with van der Waals surface area (Å²) in [5.41, 5.74) is 1.13. The number of hydrogen-bond donors (Lipinski definition) is 1. The van der Waals surface area contributed by atoms with Crippen LogP contribution >= 0.6 is 0 Å². The highest BCUT2D eigenvalue weighted by molar-refractivity contribution is 5.03. The van der Waals surface area contributed by atoms with Crippen molar-refractivity contribution in [1.29, 1.82) is 0 Å². The number of rotatable bonds is 4. The average molecular weight is 223 g/mol. The Labute approximate surface area is 97.0 Å². The van der Waals surface area contributed by atoms with Crippen molar-refractivity contribution in [2.24, 2.45) is 13.0 Å². The first-order valence-corrected chi connectivity index (χ1v) is 5.98. The van der Waals surface area contributed by atoms with Crippen LogP contribution in [0.2, 0.25) is 0 Å². The largest absolute Gasteiger partial charge is 0.376 e. The van der Waals surface area contributed by atoms with Gasteiger partial charge in [-0.15, -0.1) is 0 Å². The Balaban J connectivity index is 2.00. The highest BCUT2D eigenvalue weighted by Gasteiger charge is 2.31. The first-order chi connectivity index (χ1) is 7.70. The maximum atomic E-state index is 5.80. The van der Waals surface area contributed by atoms with Gasteiger partial charge in [0.15, 0.2) is 0 Å². The van der Waals surface area contributed by atoms with Crippen molar-refractivity contribution < 1.29 is 4.74 Å². The lowest BCUT2D eigenvalue weighted by atomic mass is 9.95. The zero-order valence-corrected chi connectivity index (χ0v) is 10.3. The maximum Gasteiger partial charge on any atom is 0.0758 e. The van der Waals surface area contributed by atoms with Crippen LogP contribution in [0.4, 0.5) is 0 Å². The van der Waals surface area contributed by atoms with Crippen LogP contribution in [0.3, 0.4) is 0 Å². The molecule has 1 aromatic rings. The molecule has 1 fully saturated rings. The Bertz CT molecular complexity index is 337. The number of hydrogen-bond acceptors (Lipinski definition) is 3. The fraction of sp³-hybridized carbons (Fsp3) is 0.750. The lowest BCUT2D eigenvalue weighted by molar-refractivity contribution is 0.0631. The molecule has 1 aromatic heterocycles. The van der Waals surface area contributed by atoms with Gasteiger partial charge in [-0.1, -0.05) is 6.92 Å². The van der Waals surface area contributed by atoms with Crippen LogP contribution in [-0.2, 0) is 18.2 Å². The van der Waals surface area contributed by atoms with Gasteiger partial charge < -0.3 is 10.1 Å². The van der Waals surface area contributed by atoms with Crippen molar-refractivity contribution >= 4 is 0 Å². The molecule has 0 aliphatic carbocycles. The predicted octanol–water partition coefficient (Wildman–Crippen LogP) is 0.976. The van der Waals surface area contributed by atoms with Gasteiger partial charge in [0.05, 0.1) is 11.8 Å². The summed E-state index contributed by atoms with van der Waals surface area (Å²) >= 11 is 0. The Morgan fingerprint density at radius 1 is 1.69 bits per heavy atom. The normalized spacial score (nSPS) is 27.2. The van der Waals surface area contributed by atoms with Gasteiger partial charge >= 0.3 is 0 Å². The molecule has 0 radical (unpaired) electrons. The van der Waals surface area contributed by atoms with Crippen molar-refractivity contribution in [3.63, 3.8) is 0 Å². The molecule has 16 heavy (non-hydrogen) atoms. The first-order valence-electron chi connectivity index (χ1n) is 5.98. The van der Waals surface area contributed by atoms with Crippen molar-refractivity contribution in [2.75, 3.05) is 13.7 Å². The van der Waals surface area contributed by atoms with Gasteiger partial charge in [-0.25, -0.2) is 0 Å². The third kappa shape index (κ3) is 2.44. The average Bonchev–Trinajstić information content (AvgIpc) is 2.84. The summed E-state index contributed by atoms with van der Waals surface area (Å²) in [6.07, 6.45) is 4.42. The second kappa shape index (κ2) is 4.97. The van der Waals surface area contributed by atoms with Crippen molar-refractivity contribution in [3.8, 4) is 0 Å². The molecule has 2 heterocycles. The minimum atomic E-state index is 0.326. The van der Waals surface area contributed by atoms with Gasteiger partial charge in [-0.3, -0.25) is 4.68 Å². The Morgan fingerprint density at radius 3 is 3.00 bits per heavy atom. The van der Waals surface area contributed by atoms with Gasteiger partial charge in [-0.2, -0.15) is 5.10 Å². The van der Waals surface area contributed by atoms with Crippen LogP contribution < -0.4 is 5.32 Å². The minimum absolute atomic E-state index is 0.326. The first kappa shape index (κ1) is 11.6. The molecule has 0 aromatic carbocycles. The summed E-state index contributed by atoms with van der Waals surface area (Å²) in [4.78, 5) is 0. The molecular weight excluding hydrogens is 202 g/mol. The lowest BCUT2D eigenvalue weighted by Crippen LogP contribution is -2.42. The monoisotopic (exact) mass is 223 g/mol. The van der Waals surface area contributed by atoms with E-state index in [4.69, 9.17) is 4.74 Å². The standard InChI is InChI=1S/C12H21N3O/c1-9-5-7-16-12(9)11(13-2)8-10-4-6-15(3)14-10/h4,6,9,11-13H,5,7-8H2,1-3H3. The molecule has 0 amide bonds. The summed E-state index contributed by atoms with van der Waals surface area (Å²) in [6.45, 7) is 3.16. The van der Waals surface area contributed by atoms with Gasteiger partial charge in [-0.05, 0) is 25.5 Å². The minimum Gasteiger partial charge on any atom is -0.376 e. The van der Waals surface area contributed by atoms with Gasteiger partial charge in [0.1, 0.15) is 0 Å². The van der Waals surface area contributed by atoms with E-state index in [1.54, 1.807) is 0 Å². The van der Waals surface area contributed by atoms with E-state index in [2.05, 4.69) is 23.4 Å². The molecule has 0 saturated carbocycles. The topological polar surface area (TPSA) is 39.1 Å². The van der Waals surface area contributed by atoms with Crippen molar-refractivity contribution in [3.05, 3.63) is 18.0 Å². The van der Waals surface area contributed by atoms with E-state index in [9.17, 15) is 0 Å². The molecule has 2 rings (SSSR count). The molecule has 3 unspecified atom stereocenters. The SMILES string of the molecule is CNC(Cc1ccn(C)n1)C1OCCC1C. The van der Waals surface area contributed by atoms with E-state index >= 15 is 0 Å². The third-order valence-electron chi connectivity index (χ3n) is 3.41. The Kier molecular flexibility index (Phi) is 3.61. The summed E-state index contributed by atoms with van der Waals surface area (Å²) in [6, 6.07) is 2.44. The molecule has 90 valence electrons. The van der Waals surface area contributed by atoms with E-state index in [0.29, 0.717) is 18.1 Å². The zero-order valence-electron chi connectivity index (χ0n) is 10.3. The van der Waals surface area contributed by atoms with Crippen LogP contribution in [0.25, 0.3) is 0 Å². The summed E-state index contributed by atoms with van der Waals surface area (Å²) < 4.78 is 7.65. The van der Waals surface area contributed by atoms with Gasteiger partial charge in [0.25, 0.3) is 0 Å². The number of aromatic nitrogens is 2. The Morgan fingerprint density at radius 2 is 2.50 bits per heavy atom. The van der Waals surface area contributed by atoms with Crippen LogP contribution in [0, 0.1) is 5.92 Å². The molecule has 0 spiro atoms. The van der Waals surface area contributed by atoms with E-state index in [-0.39, 0.29) is 0 Å². The number of ether oxygens (including phenoxy) is 1. The van der Waals surface area contributed by atoms with Gasteiger partial charge in [0.2, 0.25) is 0 Å². The number of aryl methyl sites for hydroxylation is 1. The van der Waals surface area contributed by atoms with E-state index in [1.165, 1.54) is 6.42 Å². The molecule has 1 N–H and O–H groups in total. The summed E-state index contributed by atoms with van der Waals surface area (Å²) in [5.74, 6) is 0.640. The maximum absolute atomic E-state index is 5.80. The van der Waals surface area contributed by atoms with Crippen LogP contribution in [0.15, 0.2) is 12.3 Å². The summed E-state index contributed by atoms with van der Waals surface area (Å²) in [7, 11) is 3.95. The van der Waals surface area contributed by atoms with Gasteiger partial charge in [0, 0.05) is 32.3 Å². The third-order valence-corrected chi connectivity index (χ3v) is 3.41. The second-order valence-corrected chi connectivity index (χ2v) is 4.68. The molecule has 3 atom stereocenters. The molecular formula is C12H21N3O. The molecule has 1 saturated heterocycles. The molecule has 1 aliphatic rings. The quantitative estimate of drug-likeness (QED) is 0.827. The smallest absolute Gasteiger partial charge is 0.0758 e. The predicted molar refractivity (Wildman–Crippen MR) is 63.3 cm³/mol. The fourth-order valence-electron chi connectivity index (χ4n) is 2.41. The highest BCUT2D eigenvalue weighted by atomic mass is 16.5. The fourth-order valence-corrected chi connectivity index (χ4v) is 2.41. The number of nitrogens with one attached hydrogen (secondary N) is 1. The molecule has 1 aliphatic heterocycles. The van der Waals surface area contributed by atoms with Crippen molar-refractivity contribution in [2.45, 2.75) is 31.9 Å². The van der Waals surface area contributed by atoms with Crippen LogP contribution in [0.5, 0.6) is 0 Å². The van der Waals surface area contributed by atoms with Crippen LogP contribution in [0.1, 0.15) is 19.0 Å². The van der Waals surface area contributed by atoms with E-state index < -0.39 is 0 Å². The second-order valence-electron chi connectivity index (χ2n) is 4.68. The van der Waals surface area contributed by atoms with E-state index in [1.807, 2.05) is 25.0 Å². The van der Waals surface area contributed by atoms with E-state index in [0.717, 1.165) is 18.7 Å². The lowest BCUT2D eigenvalue weighted by Gasteiger charge is -2.25. The number of nitrogens with zero attached hydrogens (tertiary/aromatic N) is 2. The molecule has 4 nitrogen and oxygen atoms in total.